The van der Waals surface area contributed by atoms with Crippen molar-refractivity contribution in [1.29, 1.82) is 0 Å². The molecule has 4 nitrogen and oxygen atoms in total. The van der Waals surface area contributed by atoms with Crippen molar-refractivity contribution in [2.45, 2.75) is 0 Å². The normalized spacial score (nSPS) is 10.4. The maximum atomic E-state index is 10.9. The van der Waals surface area contributed by atoms with Crippen LogP contribution in [0.5, 0.6) is 5.88 Å². The summed E-state index contributed by atoms with van der Waals surface area (Å²) in [5.74, 6) is -0.0868. The second-order valence-electron chi connectivity index (χ2n) is 2.79. The number of aromatic amines is 1. The average Bonchev–Trinajstić information content (AvgIpc) is 2.47. The fraction of sp³-hybridized carbons (Fsp3) is 0. The molecule has 0 fully saturated rings. The van der Waals surface area contributed by atoms with E-state index in [-0.39, 0.29) is 11.4 Å². The highest BCUT2D eigenvalue weighted by Gasteiger charge is 2.03. The second-order valence-corrected chi connectivity index (χ2v) is 4.04. The molecule has 0 unspecified atom stereocenters. The van der Waals surface area contributed by atoms with Gasteiger partial charge in [0.2, 0.25) is 5.88 Å². The highest BCUT2D eigenvalue weighted by atomic mass is 127. The van der Waals surface area contributed by atoms with E-state index in [2.05, 4.69) is 27.7 Å². The van der Waals surface area contributed by atoms with Crippen LogP contribution in [0.4, 0.5) is 0 Å². The van der Waals surface area contributed by atoms with Crippen LogP contribution in [0.25, 0.3) is 5.69 Å². The zero-order valence-corrected chi connectivity index (χ0v) is 9.22. The van der Waals surface area contributed by atoms with E-state index in [0.717, 1.165) is 15.3 Å². The summed E-state index contributed by atoms with van der Waals surface area (Å²) in [5, 5.41) is 11.9. The number of rotatable bonds is 1. The Morgan fingerprint density at radius 1 is 1.29 bits per heavy atom. The Labute approximate surface area is 93.3 Å². The van der Waals surface area contributed by atoms with Crippen LogP contribution in [-0.2, 0) is 0 Å². The number of aromatic hydroxyl groups is 1. The molecule has 0 saturated carbocycles. The molecule has 0 aliphatic rings. The summed E-state index contributed by atoms with van der Waals surface area (Å²) in [7, 11) is 0. The molecule has 0 amide bonds. The van der Waals surface area contributed by atoms with E-state index >= 15 is 0 Å². The molecule has 1 heterocycles. The molecular weight excluding hydrogens is 295 g/mol. The maximum Gasteiger partial charge on any atom is 0.268 e. The molecule has 14 heavy (non-hydrogen) atoms. The first-order valence-electron chi connectivity index (χ1n) is 3.94. The molecule has 5 heteroatoms. The zero-order chi connectivity index (χ0) is 10.1. The quantitative estimate of drug-likeness (QED) is 0.784. The highest BCUT2D eigenvalue weighted by molar-refractivity contribution is 14.1. The molecule has 0 spiro atoms. The van der Waals surface area contributed by atoms with Gasteiger partial charge in [-0.3, -0.25) is 9.89 Å². The van der Waals surface area contributed by atoms with E-state index in [1.54, 1.807) is 0 Å². The van der Waals surface area contributed by atoms with Crippen LogP contribution in [0, 0.1) is 3.57 Å². The van der Waals surface area contributed by atoms with Gasteiger partial charge < -0.3 is 5.11 Å². The molecule has 1 aromatic heterocycles. The lowest BCUT2D eigenvalue weighted by atomic mass is 10.3. The number of H-pyrrole nitrogens is 1. The number of aromatic nitrogens is 2. The van der Waals surface area contributed by atoms with Crippen LogP contribution in [0.3, 0.4) is 0 Å². The predicted molar refractivity (Wildman–Crippen MR) is 60.8 cm³/mol. The molecule has 0 bridgehead atoms. The Morgan fingerprint density at radius 2 is 1.93 bits per heavy atom. The summed E-state index contributed by atoms with van der Waals surface area (Å²) >= 11 is 2.19. The van der Waals surface area contributed by atoms with Gasteiger partial charge in [0.05, 0.1) is 11.8 Å². The fourth-order valence-electron chi connectivity index (χ4n) is 1.17. The van der Waals surface area contributed by atoms with Crippen LogP contribution in [-0.4, -0.2) is 14.9 Å². The molecule has 0 saturated heterocycles. The number of halogens is 1. The van der Waals surface area contributed by atoms with Crippen LogP contribution in [0.15, 0.2) is 35.1 Å². The van der Waals surface area contributed by atoms with Gasteiger partial charge in [0.1, 0.15) is 0 Å². The van der Waals surface area contributed by atoms with E-state index in [1.165, 1.54) is 4.68 Å². The third kappa shape index (κ3) is 1.67. The fourth-order valence-corrected chi connectivity index (χ4v) is 1.53. The first kappa shape index (κ1) is 9.32. The Morgan fingerprint density at radius 3 is 2.43 bits per heavy atom. The second kappa shape index (κ2) is 3.49. The van der Waals surface area contributed by atoms with E-state index in [1.807, 2.05) is 24.3 Å². The van der Waals surface area contributed by atoms with E-state index in [0.29, 0.717) is 0 Å². The lowest BCUT2D eigenvalue weighted by Crippen LogP contribution is -2.03. The monoisotopic (exact) mass is 302 g/mol. The van der Waals surface area contributed by atoms with Crippen molar-refractivity contribution in [2.75, 3.05) is 0 Å². The number of nitrogens with one attached hydrogen (secondary N) is 1. The van der Waals surface area contributed by atoms with Crippen molar-refractivity contribution in [3.63, 3.8) is 0 Å². The number of hydrogen-bond donors (Lipinski definition) is 2. The summed E-state index contributed by atoms with van der Waals surface area (Å²) in [4.78, 5) is 10.9. The Bertz CT molecular complexity index is 498. The van der Waals surface area contributed by atoms with Crippen molar-refractivity contribution in [2.24, 2.45) is 0 Å². The van der Waals surface area contributed by atoms with Gasteiger partial charge in [0.25, 0.3) is 5.56 Å². The predicted octanol–water partition coefficient (Wildman–Crippen LogP) is 1.48. The van der Waals surface area contributed by atoms with Crippen molar-refractivity contribution in [3.05, 3.63) is 44.3 Å². The smallest absolute Gasteiger partial charge is 0.268 e. The summed E-state index contributed by atoms with van der Waals surface area (Å²) in [6.07, 6.45) is 0. The van der Waals surface area contributed by atoms with Gasteiger partial charge in [0, 0.05) is 3.57 Å². The van der Waals surface area contributed by atoms with Crippen molar-refractivity contribution in [1.82, 2.24) is 9.78 Å². The molecule has 1 aromatic carbocycles. The molecule has 72 valence electrons. The van der Waals surface area contributed by atoms with E-state index in [9.17, 15) is 9.90 Å². The topological polar surface area (TPSA) is 58.0 Å². The third-order valence-corrected chi connectivity index (χ3v) is 2.52. The van der Waals surface area contributed by atoms with Gasteiger partial charge >= 0.3 is 0 Å². The number of benzene rings is 1. The standard InChI is InChI=1S/C9H7IN2O2/c10-6-1-3-7(4-2-6)12-9(14)5-8(13)11-12/h1-5,14H,(H,11,13). The highest BCUT2D eigenvalue weighted by Crippen LogP contribution is 2.14. The first-order valence-corrected chi connectivity index (χ1v) is 5.02. The molecule has 2 N–H and O–H groups in total. The van der Waals surface area contributed by atoms with Gasteiger partial charge in [-0.1, -0.05) is 0 Å². The minimum atomic E-state index is -0.318. The molecular formula is C9H7IN2O2. The van der Waals surface area contributed by atoms with E-state index in [4.69, 9.17) is 0 Å². The van der Waals surface area contributed by atoms with Gasteiger partial charge in [-0.25, -0.2) is 4.68 Å². The van der Waals surface area contributed by atoms with Crippen molar-refractivity contribution < 1.29 is 5.11 Å². The Kier molecular flexibility index (Phi) is 2.32. The van der Waals surface area contributed by atoms with Gasteiger partial charge in [0.15, 0.2) is 0 Å². The Balaban J connectivity index is 2.54. The summed E-state index contributed by atoms with van der Waals surface area (Å²) < 4.78 is 2.43. The SMILES string of the molecule is O=c1cc(O)n(-c2ccc(I)cc2)[nH]1. The average molecular weight is 302 g/mol. The number of nitrogens with zero attached hydrogens (tertiary/aromatic N) is 1. The molecule has 0 atom stereocenters. The van der Waals surface area contributed by atoms with Crippen LogP contribution >= 0.6 is 22.6 Å². The summed E-state index contributed by atoms with van der Waals surface area (Å²) in [5.41, 5.74) is 0.408. The molecule has 2 aromatic rings. The maximum absolute atomic E-state index is 10.9. The van der Waals surface area contributed by atoms with E-state index < -0.39 is 0 Å². The lowest BCUT2D eigenvalue weighted by Gasteiger charge is -2.03. The number of hydrogen-bond acceptors (Lipinski definition) is 2. The van der Waals surface area contributed by atoms with Gasteiger partial charge in [-0.2, -0.15) is 0 Å². The molecule has 2 rings (SSSR count). The first-order chi connectivity index (χ1) is 6.66. The minimum Gasteiger partial charge on any atom is -0.493 e. The van der Waals surface area contributed by atoms with Crippen LogP contribution < -0.4 is 5.56 Å². The molecule has 0 aliphatic heterocycles. The van der Waals surface area contributed by atoms with Crippen LogP contribution in [0.1, 0.15) is 0 Å². The Hall–Kier alpha value is -1.24. The zero-order valence-electron chi connectivity index (χ0n) is 7.07. The van der Waals surface area contributed by atoms with Gasteiger partial charge in [-0.15, -0.1) is 0 Å². The van der Waals surface area contributed by atoms with Gasteiger partial charge in [-0.05, 0) is 46.9 Å². The van der Waals surface area contributed by atoms with Crippen molar-refractivity contribution in [3.8, 4) is 11.6 Å². The summed E-state index contributed by atoms with van der Waals surface area (Å²) in [6, 6.07) is 8.56. The van der Waals surface area contributed by atoms with Crippen molar-refractivity contribution >= 4 is 22.6 Å². The minimum absolute atomic E-state index is 0.0868. The summed E-state index contributed by atoms with van der Waals surface area (Å²) in [6.45, 7) is 0. The lowest BCUT2D eigenvalue weighted by molar-refractivity contribution is 0.433. The largest absolute Gasteiger partial charge is 0.493 e. The molecule has 0 aliphatic carbocycles. The van der Waals surface area contributed by atoms with Crippen LogP contribution in [0.2, 0.25) is 0 Å². The third-order valence-electron chi connectivity index (χ3n) is 1.80. The molecule has 0 radical (unpaired) electrons.